The maximum Gasteiger partial charge on any atom is 0.288 e. The van der Waals surface area contributed by atoms with Crippen LogP contribution >= 0.6 is 11.6 Å². The molecule has 2 aromatic carbocycles. The molecule has 0 heterocycles. The molecule has 0 aliphatic carbocycles. The second-order valence-electron chi connectivity index (χ2n) is 4.67. The lowest BCUT2D eigenvalue weighted by Crippen LogP contribution is -2.12. The maximum atomic E-state index is 12.1. The fourth-order valence-electron chi connectivity index (χ4n) is 1.78. The van der Waals surface area contributed by atoms with E-state index in [4.69, 9.17) is 11.6 Å². The van der Waals surface area contributed by atoms with Crippen molar-refractivity contribution in [1.82, 2.24) is 0 Å². The average Bonchev–Trinajstić information content (AvgIpc) is 2.47. The van der Waals surface area contributed by atoms with Crippen LogP contribution in [0, 0.1) is 10.1 Å². The molecular formula is C14H11ClN2O5S. The Hall–Kier alpha value is -2.45. The fraction of sp³-hybridized carbons (Fsp3) is 0.0714. The van der Waals surface area contributed by atoms with Crippen LogP contribution in [0.15, 0.2) is 47.4 Å². The second kappa shape index (κ2) is 6.35. The highest BCUT2D eigenvalue weighted by Crippen LogP contribution is 2.25. The zero-order valence-corrected chi connectivity index (χ0v) is 13.4. The molecule has 1 amide bonds. The molecule has 9 heteroatoms. The Labute approximate surface area is 137 Å². The van der Waals surface area contributed by atoms with Crippen LogP contribution in [0.25, 0.3) is 0 Å². The second-order valence-corrected chi connectivity index (χ2v) is 7.10. The molecule has 0 aliphatic rings. The van der Waals surface area contributed by atoms with E-state index >= 15 is 0 Å². The van der Waals surface area contributed by atoms with Gasteiger partial charge in [-0.3, -0.25) is 14.9 Å². The lowest BCUT2D eigenvalue weighted by atomic mass is 10.2. The topological polar surface area (TPSA) is 106 Å². The molecule has 2 rings (SSSR count). The summed E-state index contributed by atoms with van der Waals surface area (Å²) >= 11 is 5.69. The van der Waals surface area contributed by atoms with Gasteiger partial charge in [0.2, 0.25) is 0 Å². The predicted molar refractivity (Wildman–Crippen MR) is 85.6 cm³/mol. The summed E-state index contributed by atoms with van der Waals surface area (Å²) in [5, 5.41) is 13.3. The Morgan fingerprint density at radius 2 is 1.78 bits per heavy atom. The zero-order valence-electron chi connectivity index (χ0n) is 11.8. The number of nitro groups is 1. The Kier molecular flexibility index (Phi) is 4.67. The van der Waals surface area contributed by atoms with E-state index in [1.54, 1.807) is 0 Å². The van der Waals surface area contributed by atoms with E-state index in [9.17, 15) is 23.3 Å². The Balaban J connectivity index is 2.22. The van der Waals surface area contributed by atoms with Crippen LogP contribution in [0.2, 0.25) is 5.02 Å². The van der Waals surface area contributed by atoms with Gasteiger partial charge in [-0.05, 0) is 36.4 Å². The van der Waals surface area contributed by atoms with Crippen molar-refractivity contribution in [3.63, 3.8) is 0 Å². The minimum absolute atomic E-state index is 0.0632. The van der Waals surface area contributed by atoms with Gasteiger partial charge in [-0.25, -0.2) is 8.42 Å². The molecule has 0 fully saturated rings. The van der Waals surface area contributed by atoms with E-state index in [1.807, 2.05) is 0 Å². The predicted octanol–water partition coefficient (Wildman–Crippen LogP) is 2.90. The van der Waals surface area contributed by atoms with Crippen molar-refractivity contribution in [3.8, 4) is 0 Å². The van der Waals surface area contributed by atoms with Crippen molar-refractivity contribution in [2.45, 2.75) is 4.90 Å². The lowest BCUT2D eigenvalue weighted by Gasteiger charge is -2.06. The van der Waals surface area contributed by atoms with Gasteiger partial charge >= 0.3 is 0 Å². The maximum absolute atomic E-state index is 12.1. The van der Waals surface area contributed by atoms with Crippen molar-refractivity contribution < 1.29 is 18.1 Å². The van der Waals surface area contributed by atoms with Crippen molar-refractivity contribution in [1.29, 1.82) is 0 Å². The van der Waals surface area contributed by atoms with Gasteiger partial charge in [-0.2, -0.15) is 0 Å². The number of nitrogens with one attached hydrogen (secondary N) is 1. The summed E-state index contributed by atoms with van der Waals surface area (Å²) in [5.41, 5.74) is 0.0556. The Morgan fingerprint density at radius 3 is 2.30 bits per heavy atom. The molecule has 0 saturated carbocycles. The van der Waals surface area contributed by atoms with Gasteiger partial charge in [-0.15, -0.1) is 0 Å². The highest BCUT2D eigenvalue weighted by atomic mass is 35.5. The third-order valence-electron chi connectivity index (χ3n) is 2.95. The molecule has 1 N–H and O–H groups in total. The van der Waals surface area contributed by atoms with E-state index < -0.39 is 20.7 Å². The first-order valence-electron chi connectivity index (χ1n) is 6.24. The number of benzene rings is 2. The molecule has 0 aliphatic heterocycles. The van der Waals surface area contributed by atoms with Crippen molar-refractivity contribution in [2.75, 3.05) is 11.6 Å². The molecule has 0 radical (unpaired) electrons. The van der Waals surface area contributed by atoms with Crippen LogP contribution < -0.4 is 5.32 Å². The van der Waals surface area contributed by atoms with Gasteiger partial charge < -0.3 is 5.32 Å². The Morgan fingerprint density at radius 1 is 1.17 bits per heavy atom. The highest BCUT2D eigenvalue weighted by Gasteiger charge is 2.16. The minimum Gasteiger partial charge on any atom is -0.322 e. The number of anilines is 1. The number of halogens is 1. The van der Waals surface area contributed by atoms with E-state index in [0.29, 0.717) is 5.69 Å². The van der Waals surface area contributed by atoms with Crippen molar-refractivity contribution in [2.24, 2.45) is 0 Å². The molecule has 0 spiro atoms. The first-order valence-corrected chi connectivity index (χ1v) is 8.51. The summed E-state index contributed by atoms with van der Waals surface area (Å²) in [6, 6.07) is 9.27. The summed E-state index contributed by atoms with van der Waals surface area (Å²) < 4.78 is 22.7. The molecule has 23 heavy (non-hydrogen) atoms. The van der Waals surface area contributed by atoms with E-state index in [-0.39, 0.29) is 21.2 Å². The van der Waals surface area contributed by atoms with E-state index in [1.165, 1.54) is 36.4 Å². The van der Waals surface area contributed by atoms with Crippen LogP contribution in [0.4, 0.5) is 11.4 Å². The summed E-state index contributed by atoms with van der Waals surface area (Å²) in [7, 11) is -3.32. The molecule has 7 nitrogen and oxygen atoms in total. The summed E-state index contributed by atoms with van der Waals surface area (Å²) in [4.78, 5) is 22.3. The standard InChI is InChI=1S/C14H11ClN2O5S/c1-23(21,22)11-5-3-10(4-6-11)16-14(18)9-2-7-12(15)13(8-9)17(19)20/h2-8H,1H3,(H,16,18). The van der Waals surface area contributed by atoms with Crippen LogP contribution in [0.5, 0.6) is 0 Å². The highest BCUT2D eigenvalue weighted by molar-refractivity contribution is 7.90. The van der Waals surface area contributed by atoms with Gasteiger partial charge in [0, 0.05) is 23.6 Å². The molecule has 0 bridgehead atoms. The van der Waals surface area contributed by atoms with E-state index in [2.05, 4.69) is 5.32 Å². The number of hydrogen-bond acceptors (Lipinski definition) is 5. The van der Waals surface area contributed by atoms with E-state index in [0.717, 1.165) is 12.3 Å². The number of carbonyl (C=O) groups is 1. The third kappa shape index (κ3) is 4.05. The molecule has 0 aromatic heterocycles. The van der Waals surface area contributed by atoms with Gasteiger partial charge in [0.25, 0.3) is 11.6 Å². The molecular weight excluding hydrogens is 344 g/mol. The number of amides is 1. The van der Waals surface area contributed by atoms with Gasteiger partial charge in [0.1, 0.15) is 5.02 Å². The molecule has 0 atom stereocenters. The number of carbonyl (C=O) groups excluding carboxylic acids is 1. The molecule has 2 aromatic rings. The number of sulfone groups is 1. The average molecular weight is 355 g/mol. The number of nitrogens with zero attached hydrogens (tertiary/aromatic N) is 1. The van der Waals surface area contributed by atoms with Crippen LogP contribution in [0.1, 0.15) is 10.4 Å². The minimum atomic E-state index is -3.32. The largest absolute Gasteiger partial charge is 0.322 e. The van der Waals surface area contributed by atoms with Crippen LogP contribution in [-0.4, -0.2) is 25.5 Å². The van der Waals surface area contributed by atoms with Crippen LogP contribution in [0.3, 0.4) is 0 Å². The number of rotatable bonds is 4. The molecule has 120 valence electrons. The number of hydrogen-bond donors (Lipinski definition) is 1. The molecule has 0 unspecified atom stereocenters. The fourth-order valence-corrected chi connectivity index (χ4v) is 2.60. The summed E-state index contributed by atoms with van der Waals surface area (Å²) in [5.74, 6) is -0.572. The van der Waals surface area contributed by atoms with Crippen molar-refractivity contribution >= 4 is 38.7 Å². The molecule has 0 saturated heterocycles. The van der Waals surface area contributed by atoms with Gasteiger partial charge in [0.15, 0.2) is 9.84 Å². The van der Waals surface area contributed by atoms with Crippen molar-refractivity contribution in [3.05, 3.63) is 63.2 Å². The SMILES string of the molecule is CS(=O)(=O)c1ccc(NC(=O)c2ccc(Cl)c([N+](=O)[O-])c2)cc1. The Bertz CT molecular complexity index is 879. The quantitative estimate of drug-likeness (QED) is 0.671. The first-order chi connectivity index (χ1) is 10.7. The summed E-state index contributed by atoms with van der Waals surface area (Å²) in [6.45, 7) is 0. The van der Waals surface area contributed by atoms with Gasteiger partial charge in [-0.1, -0.05) is 11.6 Å². The lowest BCUT2D eigenvalue weighted by molar-refractivity contribution is -0.384. The normalized spacial score (nSPS) is 11.0. The monoisotopic (exact) mass is 354 g/mol. The smallest absolute Gasteiger partial charge is 0.288 e. The van der Waals surface area contributed by atoms with Crippen LogP contribution in [-0.2, 0) is 9.84 Å². The summed E-state index contributed by atoms with van der Waals surface area (Å²) in [6.07, 6.45) is 1.08. The zero-order chi connectivity index (χ0) is 17.2. The number of nitro benzene ring substituents is 1. The first kappa shape index (κ1) is 16.9. The van der Waals surface area contributed by atoms with Gasteiger partial charge in [0.05, 0.1) is 9.82 Å². The third-order valence-corrected chi connectivity index (χ3v) is 4.39.